The second-order valence-electron chi connectivity index (χ2n) is 6.49. The molecule has 0 spiro atoms. The SMILES string of the molecule is CCc1ccccc1NC(=O)Nc1cc(-c2nc3ccccc3o2)ccc1OC. The summed E-state index contributed by atoms with van der Waals surface area (Å²) < 4.78 is 11.2. The molecule has 6 nitrogen and oxygen atoms in total. The first-order chi connectivity index (χ1) is 14.2. The highest BCUT2D eigenvalue weighted by molar-refractivity contribution is 6.01. The molecule has 4 rings (SSSR count). The number of oxazole rings is 1. The number of anilines is 2. The van der Waals surface area contributed by atoms with E-state index in [0.29, 0.717) is 22.9 Å². The molecule has 0 aliphatic heterocycles. The summed E-state index contributed by atoms with van der Waals surface area (Å²) in [6, 6.07) is 20.3. The molecule has 0 saturated carbocycles. The van der Waals surface area contributed by atoms with Crippen molar-refractivity contribution in [1.82, 2.24) is 4.98 Å². The van der Waals surface area contributed by atoms with E-state index in [2.05, 4.69) is 15.6 Å². The first-order valence-corrected chi connectivity index (χ1v) is 9.38. The quantitative estimate of drug-likeness (QED) is 0.460. The molecule has 2 amide bonds. The van der Waals surface area contributed by atoms with E-state index in [4.69, 9.17) is 9.15 Å². The number of carbonyl (C=O) groups is 1. The standard InChI is InChI=1S/C23H21N3O3/c1-3-15-8-4-5-9-17(15)25-23(27)26-19-14-16(12-13-20(19)28-2)22-24-18-10-6-7-11-21(18)29-22/h4-14H,3H2,1-2H3,(H2,25,26,27). The lowest BCUT2D eigenvalue weighted by atomic mass is 10.1. The number of ether oxygens (including phenoxy) is 1. The summed E-state index contributed by atoms with van der Waals surface area (Å²) in [6.07, 6.45) is 0.826. The number of methoxy groups -OCH3 is 1. The first kappa shape index (κ1) is 18.6. The Morgan fingerprint density at radius 2 is 1.76 bits per heavy atom. The van der Waals surface area contributed by atoms with E-state index in [1.54, 1.807) is 19.2 Å². The third-order valence-electron chi connectivity index (χ3n) is 4.63. The number of nitrogens with zero attached hydrogens (tertiary/aromatic N) is 1. The van der Waals surface area contributed by atoms with Crippen molar-refractivity contribution in [2.45, 2.75) is 13.3 Å². The van der Waals surface area contributed by atoms with Crippen molar-refractivity contribution in [3.8, 4) is 17.2 Å². The lowest BCUT2D eigenvalue weighted by molar-refractivity contribution is 0.262. The molecule has 146 valence electrons. The Balaban J connectivity index is 1.60. The minimum atomic E-state index is -0.348. The van der Waals surface area contributed by atoms with E-state index in [0.717, 1.165) is 28.8 Å². The van der Waals surface area contributed by atoms with Gasteiger partial charge in [0, 0.05) is 11.3 Å². The Morgan fingerprint density at radius 1 is 1.00 bits per heavy atom. The lowest BCUT2D eigenvalue weighted by Gasteiger charge is -2.13. The van der Waals surface area contributed by atoms with Crippen molar-refractivity contribution in [2.75, 3.05) is 17.7 Å². The predicted molar refractivity (Wildman–Crippen MR) is 114 cm³/mol. The van der Waals surface area contributed by atoms with Gasteiger partial charge in [-0.1, -0.05) is 37.3 Å². The molecule has 3 aromatic carbocycles. The summed E-state index contributed by atoms with van der Waals surface area (Å²) in [5.74, 6) is 1.03. The molecule has 1 aromatic heterocycles. The van der Waals surface area contributed by atoms with Gasteiger partial charge in [0.25, 0.3) is 0 Å². The van der Waals surface area contributed by atoms with Gasteiger partial charge in [0.15, 0.2) is 5.58 Å². The zero-order valence-corrected chi connectivity index (χ0v) is 16.2. The highest BCUT2D eigenvalue weighted by atomic mass is 16.5. The normalized spacial score (nSPS) is 10.7. The van der Waals surface area contributed by atoms with Crippen LogP contribution in [0.3, 0.4) is 0 Å². The van der Waals surface area contributed by atoms with Crippen molar-refractivity contribution in [1.29, 1.82) is 0 Å². The summed E-state index contributed by atoms with van der Waals surface area (Å²) in [5.41, 5.74) is 4.60. The molecule has 2 N–H and O–H groups in total. The van der Waals surface area contributed by atoms with E-state index in [9.17, 15) is 4.79 Å². The maximum atomic E-state index is 12.6. The third kappa shape index (κ3) is 3.91. The largest absolute Gasteiger partial charge is 0.495 e. The summed E-state index contributed by atoms with van der Waals surface area (Å²) >= 11 is 0. The smallest absolute Gasteiger partial charge is 0.323 e. The molecule has 0 atom stereocenters. The van der Waals surface area contributed by atoms with Crippen LogP contribution in [0.1, 0.15) is 12.5 Å². The number of aryl methyl sites for hydroxylation is 1. The Labute approximate surface area is 168 Å². The second kappa shape index (κ2) is 8.06. The van der Waals surface area contributed by atoms with Crippen LogP contribution in [0.4, 0.5) is 16.2 Å². The lowest BCUT2D eigenvalue weighted by Crippen LogP contribution is -2.20. The second-order valence-corrected chi connectivity index (χ2v) is 6.49. The minimum Gasteiger partial charge on any atom is -0.495 e. The maximum absolute atomic E-state index is 12.6. The summed E-state index contributed by atoms with van der Waals surface area (Å²) in [6.45, 7) is 2.05. The van der Waals surface area contributed by atoms with Gasteiger partial charge in [0.2, 0.25) is 5.89 Å². The zero-order valence-electron chi connectivity index (χ0n) is 16.2. The van der Waals surface area contributed by atoms with Gasteiger partial charge in [-0.05, 0) is 48.4 Å². The number of benzene rings is 3. The molecule has 6 heteroatoms. The highest BCUT2D eigenvalue weighted by Crippen LogP contribution is 2.32. The van der Waals surface area contributed by atoms with E-state index in [1.807, 2.05) is 61.5 Å². The molecule has 0 bridgehead atoms. The highest BCUT2D eigenvalue weighted by Gasteiger charge is 2.14. The van der Waals surface area contributed by atoms with Crippen LogP contribution < -0.4 is 15.4 Å². The van der Waals surface area contributed by atoms with E-state index < -0.39 is 0 Å². The van der Waals surface area contributed by atoms with Gasteiger partial charge in [0.1, 0.15) is 11.3 Å². The number of urea groups is 1. The fourth-order valence-electron chi connectivity index (χ4n) is 3.16. The van der Waals surface area contributed by atoms with Gasteiger partial charge in [-0.15, -0.1) is 0 Å². The fourth-order valence-corrected chi connectivity index (χ4v) is 3.16. The average Bonchev–Trinajstić information content (AvgIpc) is 3.18. The van der Waals surface area contributed by atoms with Crippen LogP contribution >= 0.6 is 0 Å². The molecule has 0 aliphatic carbocycles. The van der Waals surface area contributed by atoms with E-state index in [1.165, 1.54) is 0 Å². The molecule has 0 fully saturated rings. The molecular weight excluding hydrogens is 366 g/mol. The van der Waals surface area contributed by atoms with E-state index in [-0.39, 0.29) is 6.03 Å². The molecule has 0 unspecified atom stereocenters. The van der Waals surface area contributed by atoms with Crippen LogP contribution in [-0.2, 0) is 6.42 Å². The van der Waals surface area contributed by atoms with Gasteiger partial charge >= 0.3 is 6.03 Å². The van der Waals surface area contributed by atoms with Crippen LogP contribution in [0, 0.1) is 0 Å². The number of hydrogen-bond donors (Lipinski definition) is 2. The zero-order chi connectivity index (χ0) is 20.2. The van der Waals surface area contributed by atoms with Gasteiger partial charge in [-0.3, -0.25) is 0 Å². The monoisotopic (exact) mass is 387 g/mol. The Kier molecular flexibility index (Phi) is 5.16. The number of para-hydroxylation sites is 3. The number of carbonyl (C=O) groups excluding carboxylic acids is 1. The van der Waals surface area contributed by atoms with Gasteiger partial charge in [-0.25, -0.2) is 9.78 Å². The topological polar surface area (TPSA) is 76.4 Å². The summed E-state index contributed by atoms with van der Waals surface area (Å²) in [4.78, 5) is 17.1. The average molecular weight is 387 g/mol. The Morgan fingerprint density at radius 3 is 2.55 bits per heavy atom. The van der Waals surface area contributed by atoms with Gasteiger partial charge in [0.05, 0.1) is 12.8 Å². The van der Waals surface area contributed by atoms with Crippen LogP contribution in [0.5, 0.6) is 5.75 Å². The Bertz CT molecular complexity index is 1130. The number of nitrogens with one attached hydrogen (secondary N) is 2. The van der Waals surface area contributed by atoms with Crippen molar-refractivity contribution in [3.63, 3.8) is 0 Å². The fraction of sp³-hybridized carbons (Fsp3) is 0.130. The molecule has 1 heterocycles. The van der Waals surface area contributed by atoms with E-state index >= 15 is 0 Å². The molecule has 0 radical (unpaired) electrons. The number of fused-ring (bicyclic) bond motifs is 1. The van der Waals surface area contributed by atoms with Crippen LogP contribution in [0.15, 0.2) is 71.1 Å². The Hall–Kier alpha value is -3.80. The number of rotatable bonds is 5. The molecule has 4 aromatic rings. The number of aromatic nitrogens is 1. The van der Waals surface area contributed by atoms with Crippen molar-refractivity contribution < 1.29 is 13.9 Å². The number of hydrogen-bond acceptors (Lipinski definition) is 4. The molecule has 0 aliphatic rings. The van der Waals surface area contributed by atoms with Crippen molar-refractivity contribution in [2.24, 2.45) is 0 Å². The van der Waals surface area contributed by atoms with Crippen LogP contribution in [0.2, 0.25) is 0 Å². The van der Waals surface area contributed by atoms with Crippen molar-refractivity contribution in [3.05, 3.63) is 72.3 Å². The van der Waals surface area contributed by atoms with Gasteiger partial charge in [-0.2, -0.15) is 0 Å². The molecule has 29 heavy (non-hydrogen) atoms. The molecular formula is C23H21N3O3. The third-order valence-corrected chi connectivity index (χ3v) is 4.63. The first-order valence-electron chi connectivity index (χ1n) is 9.38. The van der Waals surface area contributed by atoms with Gasteiger partial charge < -0.3 is 19.8 Å². The summed E-state index contributed by atoms with van der Waals surface area (Å²) in [5, 5.41) is 5.76. The summed E-state index contributed by atoms with van der Waals surface area (Å²) in [7, 11) is 1.56. The van der Waals surface area contributed by atoms with Crippen LogP contribution in [-0.4, -0.2) is 18.1 Å². The molecule has 0 saturated heterocycles. The maximum Gasteiger partial charge on any atom is 0.323 e. The predicted octanol–water partition coefficient (Wildman–Crippen LogP) is 5.71. The number of amides is 2. The minimum absolute atomic E-state index is 0.348. The van der Waals surface area contributed by atoms with Crippen molar-refractivity contribution >= 4 is 28.5 Å². The van der Waals surface area contributed by atoms with Crippen LogP contribution in [0.25, 0.3) is 22.6 Å².